The topological polar surface area (TPSA) is 66.8 Å². The van der Waals surface area contributed by atoms with Gasteiger partial charge in [-0.2, -0.15) is 0 Å². The van der Waals surface area contributed by atoms with Gasteiger partial charge in [0.15, 0.2) is 5.60 Å². The van der Waals surface area contributed by atoms with Crippen molar-refractivity contribution in [2.45, 2.75) is 45.3 Å². The number of carboxylic acid groups (broad SMARTS) is 1. The molecule has 126 valence electrons. The van der Waals surface area contributed by atoms with E-state index in [2.05, 4.69) is 0 Å². The first-order valence-electron chi connectivity index (χ1n) is 8.13. The summed E-state index contributed by atoms with van der Waals surface area (Å²) in [5.41, 5.74) is 3.56. The van der Waals surface area contributed by atoms with Gasteiger partial charge in [0.05, 0.1) is 6.10 Å². The molecule has 0 bridgehead atoms. The van der Waals surface area contributed by atoms with Crippen LogP contribution in [0.15, 0.2) is 36.4 Å². The average molecular weight is 326 g/mol. The lowest BCUT2D eigenvalue weighted by Gasteiger charge is -2.25. The predicted octanol–water partition coefficient (Wildman–Crippen LogP) is 3.88. The third-order valence-electron chi connectivity index (χ3n) is 4.60. The molecule has 0 heterocycles. The van der Waals surface area contributed by atoms with E-state index in [1.807, 2.05) is 37.3 Å². The monoisotopic (exact) mass is 326 g/mol. The van der Waals surface area contributed by atoms with E-state index in [9.17, 15) is 15.0 Å². The van der Waals surface area contributed by atoms with Crippen molar-refractivity contribution in [3.05, 3.63) is 53.1 Å². The van der Waals surface area contributed by atoms with Gasteiger partial charge in [-0.1, -0.05) is 24.3 Å². The normalized spacial score (nSPS) is 16.8. The maximum absolute atomic E-state index is 11.5. The number of rotatable bonds is 4. The average Bonchev–Trinajstić information content (AvgIpc) is 2.87. The van der Waals surface area contributed by atoms with Crippen LogP contribution in [0.3, 0.4) is 0 Å². The van der Waals surface area contributed by atoms with Gasteiger partial charge in [-0.3, -0.25) is 0 Å². The summed E-state index contributed by atoms with van der Waals surface area (Å²) < 4.78 is 5.87. The molecule has 0 amide bonds. The first-order chi connectivity index (χ1) is 11.3. The Labute approximate surface area is 141 Å². The van der Waals surface area contributed by atoms with E-state index in [1.54, 1.807) is 6.07 Å². The van der Waals surface area contributed by atoms with E-state index < -0.39 is 17.7 Å². The number of carbonyl (C=O) groups is 1. The Morgan fingerprint density at radius 1 is 1.21 bits per heavy atom. The standard InChI is InChI=1S/C20H22O4/c1-12-6-4-5-7-14(12)16-10-13-8-9-17(21)15(13)11-18(16)24-20(2,3)19(22)23/h4-7,10-11,17,21H,8-9H2,1-3H3,(H,22,23). The van der Waals surface area contributed by atoms with Crippen LogP contribution in [0.1, 0.15) is 43.1 Å². The van der Waals surface area contributed by atoms with Crippen LogP contribution < -0.4 is 4.74 Å². The van der Waals surface area contributed by atoms with Crippen LogP contribution in [0.5, 0.6) is 5.75 Å². The summed E-state index contributed by atoms with van der Waals surface area (Å²) in [6.07, 6.45) is 0.993. The van der Waals surface area contributed by atoms with E-state index in [1.165, 1.54) is 13.8 Å². The Hall–Kier alpha value is -2.33. The minimum Gasteiger partial charge on any atom is -0.478 e. The Kier molecular flexibility index (Phi) is 4.10. The number of aryl methyl sites for hydroxylation is 2. The highest BCUT2D eigenvalue weighted by molar-refractivity contribution is 5.79. The second kappa shape index (κ2) is 5.95. The summed E-state index contributed by atoms with van der Waals surface area (Å²) in [5, 5.41) is 19.5. The molecule has 1 atom stereocenters. The van der Waals surface area contributed by atoms with Gasteiger partial charge in [-0.05, 0) is 68.0 Å². The second-order valence-corrected chi connectivity index (χ2v) is 6.83. The highest BCUT2D eigenvalue weighted by Crippen LogP contribution is 2.42. The number of aliphatic hydroxyl groups is 1. The number of aliphatic hydroxyl groups excluding tert-OH is 1. The molecule has 4 heteroatoms. The lowest BCUT2D eigenvalue weighted by Crippen LogP contribution is -2.38. The fourth-order valence-corrected chi connectivity index (χ4v) is 3.10. The van der Waals surface area contributed by atoms with Gasteiger partial charge < -0.3 is 14.9 Å². The maximum atomic E-state index is 11.5. The Bertz CT molecular complexity index is 792. The van der Waals surface area contributed by atoms with Gasteiger partial charge in [0, 0.05) is 5.56 Å². The molecule has 2 N–H and O–H groups in total. The van der Waals surface area contributed by atoms with Crippen LogP contribution in [0.4, 0.5) is 0 Å². The van der Waals surface area contributed by atoms with E-state index in [4.69, 9.17) is 4.74 Å². The van der Waals surface area contributed by atoms with Gasteiger partial charge in [0.1, 0.15) is 5.75 Å². The Morgan fingerprint density at radius 3 is 2.58 bits per heavy atom. The van der Waals surface area contributed by atoms with Crippen molar-refractivity contribution in [2.75, 3.05) is 0 Å². The molecule has 1 aliphatic rings. The molecule has 0 spiro atoms. The summed E-state index contributed by atoms with van der Waals surface area (Å²) in [6, 6.07) is 11.8. The predicted molar refractivity (Wildman–Crippen MR) is 92.2 cm³/mol. The van der Waals surface area contributed by atoms with E-state index >= 15 is 0 Å². The first kappa shape index (κ1) is 16.5. The maximum Gasteiger partial charge on any atom is 0.347 e. The molecule has 2 aromatic carbocycles. The number of aliphatic carboxylic acids is 1. The number of benzene rings is 2. The van der Waals surface area contributed by atoms with E-state index in [0.29, 0.717) is 12.2 Å². The van der Waals surface area contributed by atoms with Gasteiger partial charge in [-0.25, -0.2) is 4.79 Å². The summed E-state index contributed by atoms with van der Waals surface area (Å²) in [6.45, 7) is 5.07. The second-order valence-electron chi connectivity index (χ2n) is 6.83. The summed E-state index contributed by atoms with van der Waals surface area (Å²) in [4.78, 5) is 11.5. The fourth-order valence-electron chi connectivity index (χ4n) is 3.10. The molecule has 24 heavy (non-hydrogen) atoms. The zero-order valence-electron chi connectivity index (χ0n) is 14.2. The quantitative estimate of drug-likeness (QED) is 0.894. The Morgan fingerprint density at radius 2 is 1.92 bits per heavy atom. The molecule has 0 saturated heterocycles. The smallest absolute Gasteiger partial charge is 0.347 e. The first-order valence-corrected chi connectivity index (χ1v) is 8.13. The van der Waals surface area contributed by atoms with Crippen molar-refractivity contribution in [2.24, 2.45) is 0 Å². The third kappa shape index (κ3) is 2.89. The molecule has 3 rings (SSSR count). The number of hydrogen-bond donors (Lipinski definition) is 2. The highest BCUT2D eigenvalue weighted by atomic mass is 16.5. The summed E-state index contributed by atoms with van der Waals surface area (Å²) in [7, 11) is 0. The molecule has 1 aliphatic carbocycles. The van der Waals surface area contributed by atoms with Crippen LogP contribution >= 0.6 is 0 Å². The molecular formula is C20H22O4. The lowest BCUT2D eigenvalue weighted by molar-refractivity contribution is -0.152. The highest BCUT2D eigenvalue weighted by Gasteiger charge is 2.32. The molecule has 0 saturated carbocycles. The summed E-state index contributed by atoms with van der Waals surface area (Å²) in [5.74, 6) is -0.532. The zero-order chi connectivity index (χ0) is 17.5. The van der Waals surface area contributed by atoms with Crippen molar-refractivity contribution in [1.29, 1.82) is 0 Å². The molecule has 0 radical (unpaired) electrons. The van der Waals surface area contributed by atoms with Crippen molar-refractivity contribution in [3.63, 3.8) is 0 Å². The van der Waals surface area contributed by atoms with Crippen LogP contribution in [0, 0.1) is 6.92 Å². The van der Waals surface area contributed by atoms with Crippen LogP contribution in [0.2, 0.25) is 0 Å². The molecule has 0 fully saturated rings. The molecule has 1 unspecified atom stereocenters. The number of carboxylic acids is 1. The van der Waals surface area contributed by atoms with Crippen molar-refractivity contribution >= 4 is 5.97 Å². The van der Waals surface area contributed by atoms with Crippen molar-refractivity contribution in [1.82, 2.24) is 0 Å². The van der Waals surface area contributed by atoms with Crippen LogP contribution in [-0.2, 0) is 11.2 Å². The SMILES string of the molecule is Cc1ccccc1-c1cc2c(cc1OC(C)(C)C(=O)O)C(O)CC2. The van der Waals surface area contributed by atoms with Crippen molar-refractivity contribution in [3.8, 4) is 16.9 Å². The van der Waals surface area contributed by atoms with E-state index in [-0.39, 0.29) is 0 Å². The van der Waals surface area contributed by atoms with Crippen LogP contribution in [0.25, 0.3) is 11.1 Å². The minimum absolute atomic E-state index is 0.497. The van der Waals surface area contributed by atoms with Crippen LogP contribution in [-0.4, -0.2) is 21.8 Å². The molecular weight excluding hydrogens is 304 g/mol. The minimum atomic E-state index is -1.35. The number of ether oxygens (including phenoxy) is 1. The molecule has 2 aromatic rings. The Balaban J connectivity index is 2.17. The van der Waals surface area contributed by atoms with E-state index in [0.717, 1.165) is 34.2 Å². The van der Waals surface area contributed by atoms with Gasteiger partial charge >= 0.3 is 5.97 Å². The van der Waals surface area contributed by atoms with Gasteiger partial charge in [0.25, 0.3) is 0 Å². The molecule has 0 aromatic heterocycles. The number of hydrogen-bond acceptors (Lipinski definition) is 3. The fraction of sp³-hybridized carbons (Fsp3) is 0.350. The third-order valence-corrected chi connectivity index (χ3v) is 4.60. The van der Waals surface area contributed by atoms with Crippen molar-refractivity contribution < 1.29 is 19.7 Å². The van der Waals surface area contributed by atoms with Gasteiger partial charge in [-0.15, -0.1) is 0 Å². The van der Waals surface area contributed by atoms with Gasteiger partial charge in [0.2, 0.25) is 0 Å². The molecule has 0 aliphatic heterocycles. The summed E-state index contributed by atoms with van der Waals surface area (Å²) >= 11 is 0. The largest absolute Gasteiger partial charge is 0.478 e. The number of fused-ring (bicyclic) bond motifs is 1. The lowest BCUT2D eigenvalue weighted by atomic mass is 9.95. The molecule has 4 nitrogen and oxygen atoms in total. The zero-order valence-corrected chi connectivity index (χ0v) is 14.2.